The fourth-order valence-corrected chi connectivity index (χ4v) is 2.47. The van der Waals surface area contributed by atoms with Crippen molar-refractivity contribution in [1.29, 1.82) is 0 Å². The highest BCUT2D eigenvalue weighted by Crippen LogP contribution is 2.39. The molecular formula is C15H18N4. The topological polar surface area (TPSA) is 76.1 Å². The number of nitrogens with two attached hydrogens (primary N) is 2. The van der Waals surface area contributed by atoms with Crippen LogP contribution in [-0.2, 0) is 0 Å². The standard InChI is InChI=1S/C15H18N4/c1-10(11-5-3-2-4-6-11)15(17)18-13-8-7-12(16)9-14(13)19-15/h2-10,18-19H,16-17H2,1H3. The number of fused-ring (bicyclic) bond motifs is 1. The summed E-state index contributed by atoms with van der Waals surface area (Å²) in [5.74, 6) is -0.584. The summed E-state index contributed by atoms with van der Waals surface area (Å²) >= 11 is 0. The predicted molar refractivity (Wildman–Crippen MR) is 79.9 cm³/mol. The van der Waals surface area contributed by atoms with Crippen LogP contribution in [0, 0.1) is 0 Å². The molecule has 2 atom stereocenters. The van der Waals surface area contributed by atoms with Gasteiger partial charge in [0.05, 0.1) is 11.4 Å². The van der Waals surface area contributed by atoms with Crippen molar-refractivity contribution in [2.24, 2.45) is 5.73 Å². The lowest BCUT2D eigenvalue weighted by molar-refractivity contribution is 0.476. The van der Waals surface area contributed by atoms with Crippen LogP contribution in [-0.4, -0.2) is 5.79 Å². The van der Waals surface area contributed by atoms with Gasteiger partial charge in [-0.3, -0.25) is 5.73 Å². The largest absolute Gasteiger partial charge is 0.399 e. The van der Waals surface area contributed by atoms with Gasteiger partial charge in [0.1, 0.15) is 0 Å². The fourth-order valence-electron chi connectivity index (χ4n) is 2.47. The molecule has 0 spiro atoms. The van der Waals surface area contributed by atoms with Crippen molar-refractivity contribution in [3.05, 3.63) is 54.1 Å². The second-order valence-electron chi connectivity index (χ2n) is 5.06. The fraction of sp³-hybridized carbons (Fsp3) is 0.200. The van der Waals surface area contributed by atoms with E-state index in [2.05, 4.69) is 29.7 Å². The maximum absolute atomic E-state index is 6.47. The molecule has 0 radical (unpaired) electrons. The van der Waals surface area contributed by atoms with Gasteiger partial charge in [-0.15, -0.1) is 0 Å². The maximum atomic E-state index is 6.47. The van der Waals surface area contributed by atoms with Crippen LogP contribution in [0.15, 0.2) is 48.5 Å². The predicted octanol–water partition coefficient (Wildman–Crippen LogP) is 2.52. The van der Waals surface area contributed by atoms with Crippen LogP contribution in [0.5, 0.6) is 0 Å². The first-order valence-corrected chi connectivity index (χ1v) is 6.38. The minimum Gasteiger partial charge on any atom is -0.399 e. The summed E-state index contributed by atoms with van der Waals surface area (Å²) in [6, 6.07) is 15.9. The number of hydrogen-bond donors (Lipinski definition) is 4. The van der Waals surface area contributed by atoms with Crippen molar-refractivity contribution in [3.8, 4) is 0 Å². The normalized spacial score (nSPS) is 22.2. The second kappa shape index (κ2) is 4.17. The van der Waals surface area contributed by atoms with Crippen molar-refractivity contribution in [3.63, 3.8) is 0 Å². The SMILES string of the molecule is CC(c1ccccc1)C1(N)Nc2ccc(N)cc2N1. The first kappa shape index (κ1) is 11.9. The van der Waals surface area contributed by atoms with Gasteiger partial charge in [-0.25, -0.2) is 0 Å². The third-order valence-corrected chi connectivity index (χ3v) is 3.71. The molecule has 2 aromatic rings. The Kier molecular flexibility index (Phi) is 2.61. The zero-order valence-corrected chi connectivity index (χ0v) is 10.9. The van der Waals surface area contributed by atoms with Crippen molar-refractivity contribution >= 4 is 17.1 Å². The van der Waals surface area contributed by atoms with Crippen LogP contribution >= 0.6 is 0 Å². The van der Waals surface area contributed by atoms with Gasteiger partial charge in [-0.05, 0) is 23.8 Å². The van der Waals surface area contributed by atoms with Gasteiger partial charge >= 0.3 is 0 Å². The van der Waals surface area contributed by atoms with Crippen LogP contribution in [0.1, 0.15) is 18.4 Å². The molecule has 0 aliphatic carbocycles. The van der Waals surface area contributed by atoms with Gasteiger partial charge in [0.25, 0.3) is 0 Å². The van der Waals surface area contributed by atoms with E-state index in [0.717, 1.165) is 17.1 Å². The highest BCUT2D eigenvalue weighted by molar-refractivity contribution is 5.79. The first-order valence-electron chi connectivity index (χ1n) is 6.38. The van der Waals surface area contributed by atoms with Crippen LogP contribution < -0.4 is 22.1 Å². The van der Waals surface area contributed by atoms with Gasteiger partial charge in [0.2, 0.25) is 0 Å². The Hall–Kier alpha value is -2.20. The summed E-state index contributed by atoms with van der Waals surface area (Å²) in [6.45, 7) is 2.10. The Morgan fingerprint density at radius 3 is 2.42 bits per heavy atom. The highest BCUT2D eigenvalue weighted by Gasteiger charge is 2.38. The number of hydrogen-bond acceptors (Lipinski definition) is 4. The van der Waals surface area contributed by atoms with Crippen molar-refractivity contribution < 1.29 is 0 Å². The zero-order chi connectivity index (χ0) is 13.5. The van der Waals surface area contributed by atoms with Crippen molar-refractivity contribution in [2.45, 2.75) is 18.6 Å². The number of anilines is 3. The number of nitrogen functional groups attached to an aromatic ring is 1. The molecule has 2 unspecified atom stereocenters. The van der Waals surface area contributed by atoms with E-state index in [4.69, 9.17) is 11.5 Å². The summed E-state index contributed by atoms with van der Waals surface area (Å²) in [7, 11) is 0. The van der Waals surface area contributed by atoms with E-state index in [-0.39, 0.29) is 5.92 Å². The van der Waals surface area contributed by atoms with E-state index in [1.165, 1.54) is 5.56 Å². The molecular weight excluding hydrogens is 236 g/mol. The minimum absolute atomic E-state index is 0.113. The average Bonchev–Trinajstić information content (AvgIpc) is 2.75. The lowest BCUT2D eigenvalue weighted by atomic mass is 9.94. The third-order valence-electron chi connectivity index (χ3n) is 3.71. The number of benzene rings is 2. The molecule has 4 heteroatoms. The molecule has 0 saturated carbocycles. The Morgan fingerprint density at radius 2 is 1.68 bits per heavy atom. The Labute approximate surface area is 112 Å². The molecule has 1 aliphatic heterocycles. The van der Waals surface area contributed by atoms with Gasteiger partial charge < -0.3 is 16.4 Å². The highest BCUT2D eigenvalue weighted by atomic mass is 15.3. The van der Waals surface area contributed by atoms with Crippen LogP contribution in [0.3, 0.4) is 0 Å². The van der Waals surface area contributed by atoms with Gasteiger partial charge in [0, 0.05) is 11.6 Å². The lowest BCUT2D eigenvalue weighted by Crippen LogP contribution is -2.55. The summed E-state index contributed by atoms with van der Waals surface area (Å²) in [4.78, 5) is 0. The molecule has 0 aromatic heterocycles. The Bertz CT molecular complexity index is 596. The molecule has 19 heavy (non-hydrogen) atoms. The number of rotatable bonds is 2. The Morgan fingerprint density at radius 1 is 1.00 bits per heavy atom. The molecule has 3 rings (SSSR count). The summed E-state index contributed by atoms with van der Waals surface area (Å²) in [5.41, 5.74) is 16.1. The molecule has 0 saturated heterocycles. The smallest absolute Gasteiger partial charge is 0.168 e. The van der Waals surface area contributed by atoms with Crippen molar-refractivity contribution in [1.82, 2.24) is 0 Å². The third kappa shape index (κ3) is 2.00. The van der Waals surface area contributed by atoms with Crippen LogP contribution in [0.25, 0.3) is 0 Å². The monoisotopic (exact) mass is 254 g/mol. The van der Waals surface area contributed by atoms with Gasteiger partial charge in [-0.2, -0.15) is 0 Å². The quantitative estimate of drug-likeness (QED) is 0.621. The second-order valence-corrected chi connectivity index (χ2v) is 5.06. The van der Waals surface area contributed by atoms with E-state index in [1.54, 1.807) is 0 Å². The van der Waals surface area contributed by atoms with Gasteiger partial charge in [-0.1, -0.05) is 37.3 Å². The van der Waals surface area contributed by atoms with Crippen LogP contribution in [0.2, 0.25) is 0 Å². The van der Waals surface area contributed by atoms with E-state index in [1.807, 2.05) is 36.4 Å². The molecule has 0 amide bonds. The van der Waals surface area contributed by atoms with E-state index >= 15 is 0 Å². The minimum atomic E-state index is -0.697. The summed E-state index contributed by atoms with van der Waals surface area (Å²) in [5, 5.41) is 6.68. The summed E-state index contributed by atoms with van der Waals surface area (Å²) in [6.07, 6.45) is 0. The molecule has 2 aromatic carbocycles. The molecule has 4 nitrogen and oxygen atoms in total. The van der Waals surface area contributed by atoms with Gasteiger partial charge in [0.15, 0.2) is 5.79 Å². The molecule has 6 N–H and O–H groups in total. The molecule has 98 valence electrons. The average molecular weight is 254 g/mol. The van der Waals surface area contributed by atoms with Crippen LogP contribution in [0.4, 0.5) is 17.1 Å². The molecule has 1 aliphatic rings. The van der Waals surface area contributed by atoms with E-state index in [0.29, 0.717) is 0 Å². The lowest BCUT2D eigenvalue weighted by Gasteiger charge is -2.32. The van der Waals surface area contributed by atoms with E-state index < -0.39 is 5.79 Å². The molecule has 0 fully saturated rings. The maximum Gasteiger partial charge on any atom is 0.168 e. The number of nitrogens with one attached hydrogen (secondary N) is 2. The van der Waals surface area contributed by atoms with Crippen molar-refractivity contribution in [2.75, 3.05) is 16.4 Å². The first-order chi connectivity index (χ1) is 9.08. The summed E-state index contributed by atoms with van der Waals surface area (Å²) < 4.78 is 0. The zero-order valence-electron chi connectivity index (χ0n) is 10.9. The molecule has 0 bridgehead atoms. The molecule has 1 heterocycles. The Balaban J connectivity index is 1.91. The van der Waals surface area contributed by atoms with E-state index in [9.17, 15) is 0 Å².